The minimum Gasteiger partial charge on any atom is -0.459 e. The van der Waals surface area contributed by atoms with Crippen molar-refractivity contribution in [3.63, 3.8) is 0 Å². The van der Waals surface area contributed by atoms with Gasteiger partial charge in [-0.15, -0.1) is 0 Å². The van der Waals surface area contributed by atoms with Gasteiger partial charge in [-0.1, -0.05) is 143 Å². The van der Waals surface area contributed by atoms with Crippen LogP contribution < -0.4 is 0 Å². The van der Waals surface area contributed by atoms with Crippen molar-refractivity contribution >= 4 is 11.9 Å². The highest BCUT2D eigenvalue weighted by molar-refractivity contribution is 5.91. The van der Waals surface area contributed by atoms with Crippen molar-refractivity contribution in [2.75, 3.05) is 0 Å². The molecule has 0 rings (SSSR count). The average molecular weight is 565 g/mol. The van der Waals surface area contributed by atoms with Crippen LogP contribution in [0.4, 0.5) is 0 Å². The Morgan fingerprint density at radius 3 is 0.900 bits per heavy atom. The van der Waals surface area contributed by atoms with Crippen LogP contribution in [0.2, 0.25) is 0 Å². The summed E-state index contributed by atoms with van der Waals surface area (Å²) in [7, 11) is 0. The standard InChI is InChI=1S/C36H68O4/c1-5-9-13-17-19-21-25-29-33(27-23-15-11-7-3)39-35(37)31-32-36(38)40-34(28-24-16-12-8-4)30-26-22-20-18-14-10-6-2/h31-34H,5-30H2,1-4H3/b32-31-. The first-order valence-electron chi connectivity index (χ1n) is 17.7. The van der Waals surface area contributed by atoms with Gasteiger partial charge < -0.3 is 9.47 Å². The predicted molar refractivity (Wildman–Crippen MR) is 172 cm³/mol. The number of hydrogen-bond acceptors (Lipinski definition) is 4. The van der Waals surface area contributed by atoms with E-state index in [1.165, 1.54) is 128 Å². The molecule has 0 saturated carbocycles. The molecule has 0 spiro atoms. The summed E-state index contributed by atoms with van der Waals surface area (Å²) in [4.78, 5) is 25.2. The molecule has 0 aromatic rings. The minimum absolute atomic E-state index is 0.0516. The molecule has 0 aliphatic rings. The van der Waals surface area contributed by atoms with E-state index in [9.17, 15) is 9.59 Å². The van der Waals surface area contributed by atoms with Crippen LogP contribution in [0.25, 0.3) is 0 Å². The zero-order valence-corrected chi connectivity index (χ0v) is 27.3. The molecule has 0 radical (unpaired) electrons. The average Bonchev–Trinajstić information content (AvgIpc) is 2.95. The number of unbranched alkanes of at least 4 members (excludes halogenated alkanes) is 18. The number of hydrogen-bond donors (Lipinski definition) is 0. The Morgan fingerprint density at radius 1 is 0.400 bits per heavy atom. The maximum Gasteiger partial charge on any atom is 0.331 e. The van der Waals surface area contributed by atoms with Crippen molar-refractivity contribution in [2.24, 2.45) is 0 Å². The van der Waals surface area contributed by atoms with Crippen molar-refractivity contribution in [1.29, 1.82) is 0 Å². The highest BCUT2D eigenvalue weighted by atomic mass is 16.5. The fraction of sp³-hybridized carbons (Fsp3) is 0.889. The van der Waals surface area contributed by atoms with Gasteiger partial charge in [0.25, 0.3) is 0 Å². The lowest BCUT2D eigenvalue weighted by molar-refractivity contribution is -0.146. The summed E-state index contributed by atoms with van der Waals surface area (Å²) in [5, 5.41) is 0. The molecule has 0 fully saturated rings. The van der Waals surface area contributed by atoms with Gasteiger partial charge in [-0.2, -0.15) is 0 Å². The molecule has 40 heavy (non-hydrogen) atoms. The number of carbonyl (C=O) groups is 2. The van der Waals surface area contributed by atoms with E-state index in [0.29, 0.717) is 0 Å². The molecular formula is C36H68O4. The van der Waals surface area contributed by atoms with Gasteiger partial charge in [0.15, 0.2) is 0 Å². The Bertz CT molecular complexity index is 535. The number of carbonyl (C=O) groups excluding carboxylic acids is 2. The van der Waals surface area contributed by atoms with Gasteiger partial charge in [0.1, 0.15) is 12.2 Å². The smallest absolute Gasteiger partial charge is 0.331 e. The molecular weight excluding hydrogens is 496 g/mol. The lowest BCUT2D eigenvalue weighted by Crippen LogP contribution is -2.19. The summed E-state index contributed by atoms with van der Waals surface area (Å²) in [6.07, 6.45) is 33.1. The third kappa shape index (κ3) is 26.9. The van der Waals surface area contributed by atoms with Crippen LogP contribution in [0.3, 0.4) is 0 Å². The zero-order chi connectivity index (χ0) is 29.5. The second-order valence-electron chi connectivity index (χ2n) is 12.0. The molecule has 236 valence electrons. The molecule has 0 saturated heterocycles. The lowest BCUT2D eigenvalue weighted by Gasteiger charge is -2.18. The Balaban J connectivity index is 4.64. The van der Waals surface area contributed by atoms with Gasteiger partial charge in [0.05, 0.1) is 0 Å². The number of esters is 2. The van der Waals surface area contributed by atoms with Crippen molar-refractivity contribution < 1.29 is 19.1 Å². The summed E-state index contributed by atoms with van der Waals surface area (Å²) < 4.78 is 11.6. The molecule has 2 unspecified atom stereocenters. The fourth-order valence-electron chi connectivity index (χ4n) is 5.32. The first kappa shape index (κ1) is 38.7. The van der Waals surface area contributed by atoms with Crippen LogP contribution in [0, 0.1) is 0 Å². The highest BCUT2D eigenvalue weighted by Crippen LogP contribution is 2.18. The first-order valence-corrected chi connectivity index (χ1v) is 17.7. The second-order valence-corrected chi connectivity index (χ2v) is 12.0. The number of ether oxygens (including phenoxy) is 2. The Morgan fingerprint density at radius 2 is 0.625 bits per heavy atom. The molecule has 0 aromatic carbocycles. The Hall–Kier alpha value is -1.32. The number of rotatable bonds is 30. The summed E-state index contributed by atoms with van der Waals surface area (Å²) in [5.41, 5.74) is 0. The van der Waals surface area contributed by atoms with E-state index in [0.717, 1.165) is 51.4 Å². The van der Waals surface area contributed by atoms with Crippen LogP contribution in [0.1, 0.15) is 195 Å². The molecule has 0 aliphatic heterocycles. The molecule has 4 heteroatoms. The Labute approximate surface area is 249 Å². The van der Waals surface area contributed by atoms with E-state index in [1.54, 1.807) is 0 Å². The zero-order valence-electron chi connectivity index (χ0n) is 27.3. The largest absolute Gasteiger partial charge is 0.459 e. The SMILES string of the molecule is CCCCCCCCCC(CCCCCC)OC(=O)/C=C\C(=O)OC(CCCCCC)CCCCCCCCC. The summed E-state index contributed by atoms with van der Waals surface area (Å²) in [5.74, 6) is -0.820. The summed E-state index contributed by atoms with van der Waals surface area (Å²) >= 11 is 0. The van der Waals surface area contributed by atoms with Crippen molar-refractivity contribution in [3.8, 4) is 0 Å². The van der Waals surface area contributed by atoms with Crippen molar-refractivity contribution in [1.82, 2.24) is 0 Å². The minimum atomic E-state index is -0.410. The Kier molecular flexibility index (Phi) is 29.6. The molecule has 0 heterocycles. The normalized spacial score (nSPS) is 13.0. The van der Waals surface area contributed by atoms with E-state index < -0.39 is 11.9 Å². The van der Waals surface area contributed by atoms with Crippen LogP contribution in [0.5, 0.6) is 0 Å². The third-order valence-corrected chi connectivity index (χ3v) is 7.94. The fourth-order valence-corrected chi connectivity index (χ4v) is 5.32. The van der Waals surface area contributed by atoms with E-state index >= 15 is 0 Å². The van der Waals surface area contributed by atoms with E-state index in [-0.39, 0.29) is 12.2 Å². The molecule has 0 bridgehead atoms. The maximum atomic E-state index is 12.6. The lowest BCUT2D eigenvalue weighted by atomic mass is 10.0. The van der Waals surface area contributed by atoms with Gasteiger partial charge in [-0.05, 0) is 51.4 Å². The quantitative estimate of drug-likeness (QED) is 0.0494. The van der Waals surface area contributed by atoms with Gasteiger partial charge in [0.2, 0.25) is 0 Å². The van der Waals surface area contributed by atoms with Crippen LogP contribution in [-0.4, -0.2) is 24.1 Å². The van der Waals surface area contributed by atoms with E-state index in [4.69, 9.17) is 9.47 Å². The van der Waals surface area contributed by atoms with Crippen molar-refractivity contribution in [3.05, 3.63) is 12.2 Å². The van der Waals surface area contributed by atoms with Gasteiger partial charge in [0, 0.05) is 12.2 Å². The summed E-state index contributed by atoms with van der Waals surface area (Å²) in [6, 6.07) is 0. The molecule has 0 amide bonds. The first-order chi connectivity index (χ1) is 19.6. The topological polar surface area (TPSA) is 52.6 Å². The van der Waals surface area contributed by atoms with Gasteiger partial charge in [-0.25, -0.2) is 9.59 Å². The van der Waals surface area contributed by atoms with E-state index in [2.05, 4.69) is 27.7 Å². The van der Waals surface area contributed by atoms with Gasteiger partial charge in [-0.3, -0.25) is 0 Å². The molecule has 0 N–H and O–H groups in total. The van der Waals surface area contributed by atoms with Crippen molar-refractivity contribution in [2.45, 2.75) is 207 Å². The van der Waals surface area contributed by atoms with Gasteiger partial charge >= 0.3 is 11.9 Å². The molecule has 0 aliphatic carbocycles. The monoisotopic (exact) mass is 565 g/mol. The molecule has 0 aromatic heterocycles. The summed E-state index contributed by atoms with van der Waals surface area (Å²) in [6.45, 7) is 8.92. The molecule has 2 atom stereocenters. The maximum absolute atomic E-state index is 12.6. The highest BCUT2D eigenvalue weighted by Gasteiger charge is 2.15. The van der Waals surface area contributed by atoms with E-state index in [1.807, 2.05) is 0 Å². The van der Waals surface area contributed by atoms with Crippen LogP contribution in [-0.2, 0) is 19.1 Å². The third-order valence-electron chi connectivity index (χ3n) is 7.94. The predicted octanol–water partition coefficient (Wildman–Crippen LogP) is 11.6. The second kappa shape index (κ2) is 30.6. The molecule has 4 nitrogen and oxygen atoms in total. The van der Waals surface area contributed by atoms with Crippen LogP contribution >= 0.6 is 0 Å². The van der Waals surface area contributed by atoms with Crippen LogP contribution in [0.15, 0.2) is 12.2 Å².